The van der Waals surface area contributed by atoms with Crippen LogP contribution in [-0.4, -0.2) is 19.1 Å². The standard InChI is InChI=1S/C50H28N4O2/c1-2-13-31(14-3-1)53-38-19-9-6-16-35(38)44-40(53)26-27-41-45(44)36-17-7-10-20-39(36)54(41)50-51-46(49-47(52-50)37-18-8-11-21-42(37)55-49)30-23-24-33-34-25-22-29-12-4-5-15-32(29)48(34)56-43(33)28-30/h1-28H. The number of rotatable bonds is 3. The Morgan fingerprint density at radius 2 is 1.02 bits per heavy atom. The molecule has 6 heteroatoms. The molecule has 0 radical (unpaired) electrons. The lowest BCUT2D eigenvalue weighted by molar-refractivity contribution is 0.666. The van der Waals surface area contributed by atoms with E-state index < -0.39 is 0 Å². The van der Waals surface area contributed by atoms with E-state index in [-0.39, 0.29) is 0 Å². The summed E-state index contributed by atoms with van der Waals surface area (Å²) >= 11 is 0. The fourth-order valence-electron chi connectivity index (χ4n) is 9.12. The lowest BCUT2D eigenvalue weighted by Crippen LogP contribution is -2.03. The van der Waals surface area contributed by atoms with Crippen LogP contribution >= 0.6 is 0 Å². The summed E-state index contributed by atoms with van der Waals surface area (Å²) in [7, 11) is 0. The molecule has 0 aliphatic rings. The zero-order chi connectivity index (χ0) is 36.5. The molecule has 56 heavy (non-hydrogen) atoms. The molecule has 0 fully saturated rings. The summed E-state index contributed by atoms with van der Waals surface area (Å²) in [6.07, 6.45) is 0. The predicted octanol–water partition coefficient (Wildman–Crippen LogP) is 13.3. The first-order valence-electron chi connectivity index (χ1n) is 18.8. The largest absolute Gasteiger partial charge is 0.455 e. The van der Waals surface area contributed by atoms with Gasteiger partial charge in [0.15, 0.2) is 5.58 Å². The molecule has 0 bridgehead atoms. The third-order valence-electron chi connectivity index (χ3n) is 11.5. The lowest BCUT2D eigenvalue weighted by Gasteiger charge is -2.10. The average molecular weight is 717 g/mol. The molecule has 5 aromatic heterocycles. The van der Waals surface area contributed by atoms with Gasteiger partial charge in [-0.05, 0) is 72.1 Å². The number of hydrogen-bond acceptors (Lipinski definition) is 4. The molecule has 0 amide bonds. The highest BCUT2D eigenvalue weighted by Gasteiger charge is 2.24. The van der Waals surface area contributed by atoms with Crippen molar-refractivity contribution in [3.05, 3.63) is 170 Å². The number of fused-ring (bicyclic) bond motifs is 15. The van der Waals surface area contributed by atoms with E-state index in [1.807, 2.05) is 18.2 Å². The molecule has 0 unspecified atom stereocenters. The summed E-state index contributed by atoms with van der Waals surface area (Å²) in [5.41, 5.74) is 11.0. The van der Waals surface area contributed by atoms with Crippen LogP contribution in [0.3, 0.4) is 0 Å². The van der Waals surface area contributed by atoms with Crippen LogP contribution in [0.25, 0.3) is 121 Å². The fourth-order valence-corrected chi connectivity index (χ4v) is 9.12. The van der Waals surface area contributed by atoms with Crippen molar-refractivity contribution < 1.29 is 8.83 Å². The van der Waals surface area contributed by atoms with Gasteiger partial charge in [0.05, 0.1) is 22.1 Å². The molecule has 0 atom stereocenters. The maximum absolute atomic E-state index is 6.65. The van der Waals surface area contributed by atoms with Crippen LogP contribution in [0.15, 0.2) is 179 Å². The molecule has 260 valence electrons. The van der Waals surface area contributed by atoms with Gasteiger partial charge in [0.1, 0.15) is 28.0 Å². The van der Waals surface area contributed by atoms with E-state index >= 15 is 0 Å². The maximum Gasteiger partial charge on any atom is 0.236 e. The Balaban J connectivity index is 1.12. The van der Waals surface area contributed by atoms with E-state index in [2.05, 4.69) is 161 Å². The van der Waals surface area contributed by atoms with Crippen LogP contribution in [0.5, 0.6) is 0 Å². The molecule has 5 heterocycles. The number of para-hydroxylation sites is 4. The second-order valence-electron chi connectivity index (χ2n) is 14.5. The number of furan rings is 2. The van der Waals surface area contributed by atoms with Gasteiger partial charge < -0.3 is 13.4 Å². The van der Waals surface area contributed by atoms with Gasteiger partial charge in [-0.1, -0.05) is 103 Å². The third kappa shape index (κ3) is 3.94. The van der Waals surface area contributed by atoms with Gasteiger partial charge in [-0.2, -0.15) is 0 Å². The monoisotopic (exact) mass is 716 g/mol. The van der Waals surface area contributed by atoms with E-state index in [9.17, 15) is 0 Å². The van der Waals surface area contributed by atoms with Gasteiger partial charge in [0, 0.05) is 54.3 Å². The van der Waals surface area contributed by atoms with Gasteiger partial charge >= 0.3 is 0 Å². The zero-order valence-corrected chi connectivity index (χ0v) is 29.8. The van der Waals surface area contributed by atoms with Crippen LogP contribution < -0.4 is 0 Å². The molecule has 0 saturated carbocycles. The highest BCUT2D eigenvalue weighted by atomic mass is 16.3. The first-order chi connectivity index (χ1) is 27.8. The fraction of sp³-hybridized carbons (Fsp3) is 0. The van der Waals surface area contributed by atoms with E-state index in [1.165, 1.54) is 16.2 Å². The minimum atomic E-state index is 0.576. The molecule has 0 saturated heterocycles. The first-order valence-corrected chi connectivity index (χ1v) is 18.8. The molecule has 0 aliphatic heterocycles. The van der Waals surface area contributed by atoms with Crippen LogP contribution in [0.1, 0.15) is 0 Å². The summed E-state index contributed by atoms with van der Waals surface area (Å²) < 4.78 is 17.8. The molecular formula is C50H28N4O2. The lowest BCUT2D eigenvalue weighted by atomic mass is 10.0. The summed E-state index contributed by atoms with van der Waals surface area (Å²) in [6, 6.07) is 59.5. The van der Waals surface area contributed by atoms with Crippen LogP contribution in [0, 0.1) is 0 Å². The second-order valence-corrected chi connectivity index (χ2v) is 14.5. The number of benzene rings is 8. The summed E-state index contributed by atoms with van der Waals surface area (Å²) in [5.74, 6) is 0.576. The number of nitrogens with zero attached hydrogens (tertiary/aromatic N) is 4. The van der Waals surface area contributed by atoms with Gasteiger partial charge in [-0.15, -0.1) is 0 Å². The average Bonchev–Trinajstić information content (AvgIpc) is 4.01. The molecule has 13 aromatic rings. The summed E-state index contributed by atoms with van der Waals surface area (Å²) in [5, 5.41) is 10.1. The van der Waals surface area contributed by atoms with Crippen molar-refractivity contribution in [2.75, 3.05) is 0 Å². The summed E-state index contributed by atoms with van der Waals surface area (Å²) in [6.45, 7) is 0. The Morgan fingerprint density at radius 1 is 0.393 bits per heavy atom. The molecule has 0 aliphatic carbocycles. The van der Waals surface area contributed by atoms with Gasteiger partial charge in [0.25, 0.3) is 0 Å². The van der Waals surface area contributed by atoms with Crippen molar-refractivity contribution in [3.63, 3.8) is 0 Å². The molecule has 0 N–H and O–H groups in total. The van der Waals surface area contributed by atoms with Crippen molar-refractivity contribution in [1.82, 2.24) is 19.1 Å². The molecule has 0 spiro atoms. The molecule has 13 rings (SSSR count). The maximum atomic E-state index is 6.65. The van der Waals surface area contributed by atoms with E-state index in [0.29, 0.717) is 17.2 Å². The molecular weight excluding hydrogens is 689 g/mol. The Kier molecular flexibility index (Phi) is 5.80. The molecule has 8 aromatic carbocycles. The smallest absolute Gasteiger partial charge is 0.236 e. The number of aromatic nitrogens is 4. The van der Waals surface area contributed by atoms with Gasteiger partial charge in [0.2, 0.25) is 5.95 Å². The van der Waals surface area contributed by atoms with E-state index in [4.69, 9.17) is 18.8 Å². The van der Waals surface area contributed by atoms with Gasteiger partial charge in [-0.3, -0.25) is 4.57 Å². The number of hydrogen-bond donors (Lipinski definition) is 0. The van der Waals surface area contributed by atoms with Crippen LogP contribution in [0.2, 0.25) is 0 Å². The van der Waals surface area contributed by atoms with Gasteiger partial charge in [-0.25, -0.2) is 9.97 Å². The quantitative estimate of drug-likeness (QED) is 0.183. The normalized spacial score (nSPS) is 12.3. The highest BCUT2D eigenvalue weighted by Crippen LogP contribution is 2.44. The van der Waals surface area contributed by atoms with Crippen molar-refractivity contribution in [2.45, 2.75) is 0 Å². The molecule has 6 nitrogen and oxygen atoms in total. The highest BCUT2D eigenvalue weighted by molar-refractivity contribution is 6.29. The third-order valence-corrected chi connectivity index (χ3v) is 11.5. The van der Waals surface area contributed by atoms with Crippen molar-refractivity contribution >= 4 is 98.4 Å². The predicted molar refractivity (Wildman–Crippen MR) is 228 cm³/mol. The van der Waals surface area contributed by atoms with E-state index in [1.54, 1.807) is 0 Å². The SMILES string of the molecule is c1ccc(-n2c3ccccc3c3c4c5ccccc5n(-c5nc(-c6ccc7c(c6)oc6c8ccccc8ccc76)c6oc7ccccc7c6n5)c4ccc32)cc1. The minimum Gasteiger partial charge on any atom is -0.455 e. The Morgan fingerprint density at radius 3 is 1.82 bits per heavy atom. The Labute approximate surface area is 318 Å². The second kappa shape index (κ2) is 10.9. The van der Waals surface area contributed by atoms with Crippen LogP contribution in [0.4, 0.5) is 0 Å². The first kappa shape index (κ1) is 29.7. The van der Waals surface area contributed by atoms with E-state index in [0.717, 1.165) is 87.9 Å². The van der Waals surface area contributed by atoms with Crippen molar-refractivity contribution in [2.24, 2.45) is 0 Å². The topological polar surface area (TPSA) is 61.9 Å². The minimum absolute atomic E-state index is 0.576. The van der Waals surface area contributed by atoms with Crippen molar-refractivity contribution in [3.8, 4) is 22.9 Å². The van der Waals surface area contributed by atoms with Crippen LogP contribution in [-0.2, 0) is 0 Å². The van der Waals surface area contributed by atoms with Crippen molar-refractivity contribution in [1.29, 1.82) is 0 Å². The Bertz CT molecular complexity index is 3770. The Hall–Kier alpha value is -7.70. The summed E-state index contributed by atoms with van der Waals surface area (Å²) in [4.78, 5) is 10.8. The zero-order valence-electron chi connectivity index (χ0n) is 29.8.